The van der Waals surface area contributed by atoms with Crippen LogP contribution < -0.4 is 15.5 Å². The number of fused-ring (bicyclic) bond motifs is 17. The Bertz CT molecular complexity index is 4900. The van der Waals surface area contributed by atoms with Crippen molar-refractivity contribution in [2.45, 2.75) is 32.7 Å². The third-order valence-electron chi connectivity index (χ3n) is 17.8. The number of benzene rings is 10. The summed E-state index contributed by atoms with van der Waals surface area (Å²) in [6.45, 7) is 11.8. The zero-order valence-electron chi connectivity index (χ0n) is 44.4. The Morgan fingerprint density at radius 2 is 0.924 bits per heavy atom. The molecule has 2 aliphatic carbocycles. The van der Waals surface area contributed by atoms with Crippen LogP contribution in [0.5, 0.6) is 0 Å². The maximum atomic E-state index is 4.17. The molecule has 16 rings (SSSR count). The highest BCUT2D eigenvalue weighted by Gasteiger charge is 2.52. The molecule has 10 aromatic carbocycles. The summed E-state index contributed by atoms with van der Waals surface area (Å²) in [4.78, 5) is 2.55. The minimum Gasteiger partial charge on any atom is -0.336 e. The first-order valence-electron chi connectivity index (χ1n) is 27.6. The number of para-hydroxylation sites is 6. The van der Waals surface area contributed by atoms with Gasteiger partial charge in [-0.2, -0.15) is 0 Å². The number of hydrogen-bond acceptors (Lipinski definition) is 1. The Hall–Kier alpha value is -9.90. The predicted octanol–water partition coefficient (Wildman–Crippen LogP) is 17.6. The largest absolute Gasteiger partial charge is 0.336 e. The van der Waals surface area contributed by atoms with E-state index in [4.69, 9.17) is 0 Å². The summed E-state index contributed by atoms with van der Waals surface area (Å²) >= 11 is 0. The summed E-state index contributed by atoms with van der Waals surface area (Å²) in [6, 6.07) is 84.3. The SMILES string of the molecule is C=C/C=c1\c(=C/C)n(/C(C)=C/C2=C(C)c3ccc(-n4c5ccccc5c5ccccc54)cc3C23c2cc(N4Cc5ccccc5-c5ccccc54)ccc2-c2ccc(-n4c5ccccc5c5ccccc54)cc23)c2ccccc12. The number of aromatic nitrogens is 3. The number of nitrogens with zero attached hydrogens (tertiary/aromatic N) is 4. The molecule has 1 atom stereocenters. The molecule has 0 saturated carbocycles. The van der Waals surface area contributed by atoms with E-state index in [1.165, 1.54) is 132 Å². The van der Waals surface area contributed by atoms with Crippen LogP contribution in [0.1, 0.15) is 48.6 Å². The van der Waals surface area contributed by atoms with Crippen molar-refractivity contribution in [3.8, 4) is 33.6 Å². The molecule has 0 N–H and O–H groups in total. The molecule has 3 aliphatic rings. The first kappa shape index (κ1) is 45.3. The Kier molecular flexibility index (Phi) is 9.78. The van der Waals surface area contributed by atoms with Gasteiger partial charge in [-0.1, -0.05) is 176 Å². The first-order valence-corrected chi connectivity index (χ1v) is 27.6. The summed E-state index contributed by atoms with van der Waals surface area (Å²) in [5.74, 6) is 0. The molecular weight excluding hydrogens is 957 g/mol. The van der Waals surface area contributed by atoms with Crippen molar-refractivity contribution >= 4 is 89.3 Å². The molecule has 374 valence electrons. The lowest BCUT2D eigenvalue weighted by Gasteiger charge is -2.35. The van der Waals surface area contributed by atoms with Gasteiger partial charge in [-0.15, -0.1) is 0 Å². The van der Waals surface area contributed by atoms with Crippen LogP contribution in [0.25, 0.3) is 112 Å². The second-order valence-electron chi connectivity index (χ2n) is 21.6. The van der Waals surface area contributed by atoms with E-state index in [1.54, 1.807) is 0 Å². The summed E-state index contributed by atoms with van der Waals surface area (Å²) in [7, 11) is 0. The zero-order chi connectivity index (χ0) is 52.7. The predicted molar refractivity (Wildman–Crippen MR) is 333 cm³/mol. The molecule has 1 unspecified atom stereocenters. The molecule has 0 bridgehead atoms. The minimum absolute atomic E-state index is 0.764. The van der Waals surface area contributed by atoms with Crippen LogP contribution in [0.2, 0.25) is 0 Å². The van der Waals surface area contributed by atoms with Crippen molar-refractivity contribution in [2.75, 3.05) is 4.90 Å². The van der Waals surface area contributed by atoms with Crippen LogP contribution in [0.4, 0.5) is 11.4 Å². The van der Waals surface area contributed by atoms with Crippen molar-refractivity contribution in [2.24, 2.45) is 0 Å². The van der Waals surface area contributed by atoms with Crippen LogP contribution in [-0.2, 0) is 12.0 Å². The normalized spacial score (nSPS) is 16.0. The van der Waals surface area contributed by atoms with Gasteiger partial charge in [0.2, 0.25) is 0 Å². The highest BCUT2D eigenvalue weighted by molar-refractivity contribution is 6.11. The Balaban J connectivity index is 1.03. The van der Waals surface area contributed by atoms with Gasteiger partial charge in [-0.25, -0.2) is 0 Å². The number of hydrogen-bond donors (Lipinski definition) is 0. The molecule has 3 aromatic heterocycles. The zero-order valence-corrected chi connectivity index (χ0v) is 44.4. The van der Waals surface area contributed by atoms with E-state index >= 15 is 0 Å². The summed E-state index contributed by atoms with van der Waals surface area (Å²) in [6.07, 6.45) is 8.87. The van der Waals surface area contributed by atoms with E-state index in [9.17, 15) is 0 Å². The van der Waals surface area contributed by atoms with Crippen molar-refractivity contribution in [1.82, 2.24) is 13.7 Å². The standard InChI is InChI=1S/C75H54N4/c1-5-21-57-59-25-10-16-31-70(59)77(68(57)6-2)47(3)42-64-48(4)53-39-37-51(78-71-32-17-11-26-60(71)61-27-12-18-33-72(61)78)44-65(53)75(64)66-43-50(76-46-49-22-7-8-23-54(49)58-24-9-15-30-69(58)76)36-40-55(66)56-41-38-52(45-67(56)75)79-73-34-19-13-28-62(73)63-29-14-20-35-74(63)79/h5-45H,1,46H2,2-4H3/b47-42+,57-21-,68-6+. The third kappa shape index (κ3) is 6.20. The smallest absolute Gasteiger partial charge is 0.0725 e. The maximum absolute atomic E-state index is 4.17. The number of rotatable bonds is 6. The van der Waals surface area contributed by atoms with Gasteiger partial charge in [0.25, 0.3) is 0 Å². The summed E-state index contributed by atoms with van der Waals surface area (Å²) < 4.78 is 7.45. The molecule has 0 fully saturated rings. The minimum atomic E-state index is -0.771. The fraction of sp³-hybridized carbons (Fsp3) is 0.0667. The van der Waals surface area contributed by atoms with Crippen LogP contribution >= 0.6 is 0 Å². The fourth-order valence-corrected chi connectivity index (χ4v) is 14.5. The van der Waals surface area contributed by atoms with Crippen LogP contribution in [0.3, 0.4) is 0 Å². The van der Waals surface area contributed by atoms with E-state index < -0.39 is 5.41 Å². The number of allylic oxidation sites excluding steroid dienone is 5. The highest BCUT2D eigenvalue weighted by Crippen LogP contribution is 2.64. The molecule has 0 radical (unpaired) electrons. The number of anilines is 2. The van der Waals surface area contributed by atoms with Gasteiger partial charge in [0, 0.05) is 78.1 Å². The molecule has 1 spiro atoms. The Morgan fingerprint density at radius 1 is 0.468 bits per heavy atom. The molecule has 13 aromatic rings. The van der Waals surface area contributed by atoms with E-state index in [2.05, 4.69) is 289 Å². The molecular formula is C75H54N4. The van der Waals surface area contributed by atoms with Crippen molar-refractivity contribution in [3.63, 3.8) is 0 Å². The van der Waals surface area contributed by atoms with Crippen molar-refractivity contribution in [1.29, 1.82) is 0 Å². The lowest BCUT2D eigenvalue weighted by atomic mass is 9.69. The van der Waals surface area contributed by atoms with Gasteiger partial charge >= 0.3 is 0 Å². The first-order chi connectivity index (χ1) is 39.0. The molecule has 4 heterocycles. The summed E-state index contributed by atoms with van der Waals surface area (Å²) in [5.41, 5.74) is 25.0. The van der Waals surface area contributed by atoms with Crippen LogP contribution in [-0.4, -0.2) is 13.7 Å². The van der Waals surface area contributed by atoms with Gasteiger partial charge < -0.3 is 18.6 Å². The topological polar surface area (TPSA) is 18.0 Å². The lowest BCUT2D eigenvalue weighted by molar-refractivity contribution is 0.781. The monoisotopic (exact) mass is 1010 g/mol. The van der Waals surface area contributed by atoms with Crippen molar-refractivity contribution in [3.05, 3.63) is 287 Å². The Labute approximate surface area is 459 Å². The van der Waals surface area contributed by atoms with Crippen LogP contribution in [0.15, 0.2) is 249 Å². The van der Waals surface area contributed by atoms with E-state index in [-0.39, 0.29) is 0 Å². The van der Waals surface area contributed by atoms with Gasteiger partial charge in [0.15, 0.2) is 0 Å². The van der Waals surface area contributed by atoms with Crippen molar-refractivity contribution < 1.29 is 0 Å². The third-order valence-corrected chi connectivity index (χ3v) is 17.8. The molecule has 0 saturated heterocycles. The van der Waals surface area contributed by atoms with Crippen LogP contribution in [0, 0.1) is 0 Å². The van der Waals surface area contributed by atoms with Gasteiger partial charge in [0.1, 0.15) is 0 Å². The average Bonchev–Trinajstić information content (AvgIpc) is 4.21. The molecule has 4 heteroatoms. The van der Waals surface area contributed by atoms with Gasteiger partial charge in [-0.3, -0.25) is 0 Å². The highest BCUT2D eigenvalue weighted by atomic mass is 15.1. The lowest BCUT2D eigenvalue weighted by Crippen LogP contribution is -2.30. The maximum Gasteiger partial charge on any atom is 0.0725 e. The molecule has 1 aliphatic heterocycles. The molecule has 0 amide bonds. The molecule has 79 heavy (non-hydrogen) atoms. The van der Waals surface area contributed by atoms with E-state index in [0.717, 1.165) is 29.0 Å². The second kappa shape index (κ2) is 17.1. The fourth-order valence-electron chi connectivity index (χ4n) is 14.5. The second-order valence-corrected chi connectivity index (χ2v) is 21.6. The summed E-state index contributed by atoms with van der Waals surface area (Å²) in [5, 5.41) is 8.52. The van der Waals surface area contributed by atoms with E-state index in [1.807, 2.05) is 6.08 Å². The van der Waals surface area contributed by atoms with Gasteiger partial charge in [-0.05, 0) is 155 Å². The van der Waals surface area contributed by atoms with E-state index in [0.29, 0.717) is 0 Å². The molecule has 4 nitrogen and oxygen atoms in total. The van der Waals surface area contributed by atoms with Gasteiger partial charge in [0.05, 0.1) is 33.0 Å². The Morgan fingerprint density at radius 3 is 1.49 bits per heavy atom. The average molecular weight is 1010 g/mol. The quantitative estimate of drug-likeness (QED) is 0.162.